The smallest absolute Gasteiger partial charge is 0.132 e. The van der Waals surface area contributed by atoms with Gasteiger partial charge in [0.25, 0.3) is 0 Å². The Balaban J connectivity index is 1.78. The average molecular weight is 279 g/mol. The van der Waals surface area contributed by atoms with Gasteiger partial charge in [0, 0.05) is 33.7 Å². The summed E-state index contributed by atoms with van der Waals surface area (Å²) < 4.78 is 20.6. The van der Waals surface area contributed by atoms with Crippen molar-refractivity contribution in [3.63, 3.8) is 0 Å². The Bertz CT molecular complexity index is 577. The number of rotatable bonds is 6. The zero-order chi connectivity index (χ0) is 13.2. The second-order valence-electron chi connectivity index (χ2n) is 5.11. The third kappa shape index (κ3) is 2.81. The first-order valence-corrected chi connectivity index (χ1v) is 7.58. The lowest BCUT2D eigenvalue weighted by molar-refractivity contribution is 0.115. The molecule has 1 aliphatic rings. The highest BCUT2D eigenvalue weighted by Crippen LogP contribution is 2.34. The van der Waals surface area contributed by atoms with Gasteiger partial charge in [-0.2, -0.15) is 0 Å². The fourth-order valence-electron chi connectivity index (χ4n) is 2.36. The Morgan fingerprint density at radius 2 is 2.21 bits per heavy atom. The first-order chi connectivity index (χ1) is 9.29. The number of ether oxygens (including phenoxy) is 1. The zero-order valence-corrected chi connectivity index (χ0v) is 11.6. The third-order valence-corrected chi connectivity index (χ3v) is 4.87. The Labute approximate surface area is 116 Å². The summed E-state index contributed by atoms with van der Waals surface area (Å²) >= 11 is 1.57. The molecular weight excluding hydrogens is 261 g/mol. The number of thiophene rings is 1. The molecule has 2 aromatic rings. The fraction of sp³-hybridized carbons (Fsp3) is 0.467. The molecule has 0 bridgehead atoms. The molecule has 1 aromatic heterocycles. The molecule has 1 aromatic carbocycles. The van der Waals surface area contributed by atoms with E-state index in [2.05, 4.69) is 0 Å². The van der Waals surface area contributed by atoms with E-state index in [1.807, 2.05) is 6.07 Å². The Kier molecular flexibility index (Phi) is 3.82. The van der Waals surface area contributed by atoms with E-state index in [0.29, 0.717) is 18.5 Å². The van der Waals surface area contributed by atoms with Crippen LogP contribution in [0.5, 0.6) is 0 Å². The van der Waals surface area contributed by atoms with Crippen molar-refractivity contribution in [2.24, 2.45) is 11.7 Å². The maximum absolute atomic E-state index is 14.0. The quantitative estimate of drug-likeness (QED) is 0.816. The molecule has 0 amide bonds. The second-order valence-corrected chi connectivity index (χ2v) is 6.24. The topological polar surface area (TPSA) is 35.2 Å². The van der Waals surface area contributed by atoms with Gasteiger partial charge in [0.05, 0.1) is 6.61 Å². The summed E-state index contributed by atoms with van der Waals surface area (Å²) in [6.45, 7) is 1.68. The summed E-state index contributed by atoms with van der Waals surface area (Å²) in [6, 6.07) is 5.19. The summed E-state index contributed by atoms with van der Waals surface area (Å²) in [5, 5.41) is 0.694. The summed E-state index contributed by atoms with van der Waals surface area (Å²) in [6.07, 6.45) is 3.81. The first kappa shape index (κ1) is 13.0. The molecule has 3 rings (SSSR count). The van der Waals surface area contributed by atoms with E-state index in [1.165, 1.54) is 18.9 Å². The second kappa shape index (κ2) is 5.57. The van der Waals surface area contributed by atoms with Crippen molar-refractivity contribution in [1.29, 1.82) is 0 Å². The molecule has 1 heterocycles. The van der Waals surface area contributed by atoms with Crippen LogP contribution in [0.2, 0.25) is 0 Å². The lowest BCUT2D eigenvalue weighted by Gasteiger charge is -2.05. The molecule has 0 radical (unpaired) electrons. The molecule has 0 atom stereocenters. The molecule has 0 spiro atoms. The molecule has 2 nitrogen and oxygen atoms in total. The van der Waals surface area contributed by atoms with E-state index in [4.69, 9.17) is 10.5 Å². The van der Waals surface area contributed by atoms with Crippen LogP contribution in [0.3, 0.4) is 0 Å². The van der Waals surface area contributed by atoms with Crippen LogP contribution in [-0.2, 0) is 17.9 Å². The van der Waals surface area contributed by atoms with E-state index in [0.717, 1.165) is 34.1 Å². The summed E-state index contributed by atoms with van der Waals surface area (Å²) in [4.78, 5) is 1.03. The van der Waals surface area contributed by atoms with Gasteiger partial charge in [0.1, 0.15) is 5.82 Å². The molecule has 1 saturated carbocycles. The van der Waals surface area contributed by atoms with Gasteiger partial charge in [-0.1, -0.05) is 18.9 Å². The van der Waals surface area contributed by atoms with Crippen molar-refractivity contribution in [3.8, 4) is 0 Å². The predicted octanol–water partition coefficient (Wildman–Crippen LogP) is 3.82. The zero-order valence-electron chi connectivity index (χ0n) is 10.8. The van der Waals surface area contributed by atoms with E-state index >= 15 is 0 Å². The van der Waals surface area contributed by atoms with Gasteiger partial charge < -0.3 is 10.5 Å². The molecule has 4 heteroatoms. The summed E-state index contributed by atoms with van der Waals surface area (Å²) in [5.74, 6) is 0.694. The maximum Gasteiger partial charge on any atom is 0.132 e. The maximum atomic E-state index is 14.0. The van der Waals surface area contributed by atoms with Crippen LogP contribution in [0.1, 0.15) is 29.7 Å². The summed E-state index contributed by atoms with van der Waals surface area (Å²) in [5.41, 5.74) is 6.70. The normalized spacial score (nSPS) is 15.3. The van der Waals surface area contributed by atoms with Crippen LogP contribution in [0.15, 0.2) is 18.2 Å². The summed E-state index contributed by atoms with van der Waals surface area (Å²) in [7, 11) is 0. The Hall–Kier alpha value is -0.970. The minimum atomic E-state index is -0.172. The van der Waals surface area contributed by atoms with Crippen molar-refractivity contribution in [2.75, 3.05) is 6.61 Å². The molecule has 0 unspecified atom stereocenters. The molecule has 0 saturated heterocycles. The van der Waals surface area contributed by atoms with Gasteiger partial charge in [-0.25, -0.2) is 4.39 Å². The lowest BCUT2D eigenvalue weighted by Crippen LogP contribution is -2.02. The van der Waals surface area contributed by atoms with Crippen molar-refractivity contribution >= 4 is 21.4 Å². The van der Waals surface area contributed by atoms with Gasteiger partial charge in [0.15, 0.2) is 0 Å². The van der Waals surface area contributed by atoms with Crippen LogP contribution in [0.25, 0.3) is 10.1 Å². The highest BCUT2D eigenvalue weighted by Gasteiger charge is 2.21. The van der Waals surface area contributed by atoms with Gasteiger partial charge in [-0.15, -0.1) is 11.3 Å². The van der Waals surface area contributed by atoms with E-state index < -0.39 is 0 Å². The molecular formula is C15H18FNOS. The SMILES string of the molecule is NCc1sc2cccc(F)c2c1COCCC1CC1. The van der Waals surface area contributed by atoms with E-state index in [1.54, 1.807) is 17.4 Å². The van der Waals surface area contributed by atoms with Gasteiger partial charge in [-0.05, 0) is 24.5 Å². The predicted molar refractivity (Wildman–Crippen MR) is 76.7 cm³/mol. The number of hydrogen-bond donors (Lipinski definition) is 1. The number of benzene rings is 1. The molecule has 102 valence electrons. The van der Waals surface area contributed by atoms with Crippen LogP contribution >= 0.6 is 11.3 Å². The van der Waals surface area contributed by atoms with E-state index in [9.17, 15) is 4.39 Å². The monoisotopic (exact) mass is 279 g/mol. The molecule has 1 aliphatic carbocycles. The van der Waals surface area contributed by atoms with Crippen LogP contribution in [0, 0.1) is 11.7 Å². The van der Waals surface area contributed by atoms with Crippen LogP contribution in [0.4, 0.5) is 4.39 Å². The van der Waals surface area contributed by atoms with Gasteiger partial charge in [0.2, 0.25) is 0 Å². The number of fused-ring (bicyclic) bond motifs is 1. The molecule has 1 fully saturated rings. The number of halogens is 1. The van der Waals surface area contributed by atoms with Crippen LogP contribution in [-0.4, -0.2) is 6.61 Å². The molecule has 0 aliphatic heterocycles. The lowest BCUT2D eigenvalue weighted by atomic mass is 10.1. The standard InChI is InChI=1S/C15H18FNOS/c16-12-2-1-3-13-15(12)11(14(8-17)19-13)9-18-7-6-10-4-5-10/h1-3,10H,4-9,17H2. The van der Waals surface area contributed by atoms with Crippen molar-refractivity contribution in [3.05, 3.63) is 34.5 Å². The van der Waals surface area contributed by atoms with Crippen molar-refractivity contribution in [2.45, 2.75) is 32.4 Å². The third-order valence-electron chi connectivity index (χ3n) is 3.65. The van der Waals surface area contributed by atoms with Gasteiger partial charge >= 0.3 is 0 Å². The first-order valence-electron chi connectivity index (χ1n) is 6.76. The average Bonchev–Trinajstić information content (AvgIpc) is 3.16. The van der Waals surface area contributed by atoms with Crippen LogP contribution < -0.4 is 5.73 Å². The molecule has 2 N–H and O–H groups in total. The molecule has 19 heavy (non-hydrogen) atoms. The Morgan fingerprint density at radius 3 is 2.95 bits per heavy atom. The number of hydrogen-bond acceptors (Lipinski definition) is 3. The highest BCUT2D eigenvalue weighted by molar-refractivity contribution is 7.19. The van der Waals surface area contributed by atoms with E-state index in [-0.39, 0.29) is 5.82 Å². The minimum absolute atomic E-state index is 0.172. The number of nitrogens with two attached hydrogens (primary N) is 1. The van der Waals surface area contributed by atoms with Crippen molar-refractivity contribution in [1.82, 2.24) is 0 Å². The van der Waals surface area contributed by atoms with Gasteiger partial charge in [-0.3, -0.25) is 0 Å². The highest BCUT2D eigenvalue weighted by atomic mass is 32.1. The van der Waals surface area contributed by atoms with Crippen molar-refractivity contribution < 1.29 is 9.13 Å². The largest absolute Gasteiger partial charge is 0.377 e. The Morgan fingerprint density at radius 1 is 1.37 bits per heavy atom. The minimum Gasteiger partial charge on any atom is -0.377 e. The fourth-order valence-corrected chi connectivity index (χ4v) is 3.47.